The lowest BCUT2D eigenvalue weighted by Crippen LogP contribution is -2.27. The number of methoxy groups -OCH3 is 1. The molecular weight excluding hydrogens is 378 g/mol. The summed E-state index contributed by atoms with van der Waals surface area (Å²) in [6.45, 7) is 0. The maximum atomic E-state index is 12.6. The van der Waals surface area contributed by atoms with Crippen LogP contribution in [0.4, 0.5) is 0 Å². The molecule has 0 radical (unpaired) electrons. The van der Waals surface area contributed by atoms with Gasteiger partial charge in [0.25, 0.3) is 0 Å². The SMILES string of the molecule is COc1ccc(S(=O)(=O)NC2C=Cc3c2ccc(Cl)c3CC(=O)O)cc1. The number of nitrogens with one attached hydrogen (secondary N) is 1. The maximum absolute atomic E-state index is 12.6. The van der Waals surface area contributed by atoms with Crippen molar-refractivity contribution in [1.82, 2.24) is 4.72 Å². The van der Waals surface area contributed by atoms with Gasteiger partial charge >= 0.3 is 5.97 Å². The topological polar surface area (TPSA) is 92.7 Å². The van der Waals surface area contributed by atoms with E-state index in [0.29, 0.717) is 27.5 Å². The fourth-order valence-electron chi connectivity index (χ4n) is 2.84. The van der Waals surface area contributed by atoms with Gasteiger partial charge in [-0.3, -0.25) is 4.79 Å². The summed E-state index contributed by atoms with van der Waals surface area (Å²) >= 11 is 6.11. The van der Waals surface area contributed by atoms with Gasteiger partial charge < -0.3 is 9.84 Å². The molecule has 0 spiro atoms. The molecule has 26 heavy (non-hydrogen) atoms. The number of carbonyl (C=O) groups is 1. The van der Waals surface area contributed by atoms with E-state index in [1.54, 1.807) is 36.4 Å². The Bertz CT molecular complexity index is 983. The van der Waals surface area contributed by atoms with Crippen molar-refractivity contribution in [3.05, 3.63) is 64.2 Å². The normalized spacial score (nSPS) is 15.7. The molecule has 0 amide bonds. The Balaban J connectivity index is 1.90. The standard InChI is InChI=1S/C18H16ClNO5S/c1-25-11-2-4-12(5-3-11)26(23,24)20-17-9-7-13-14(17)6-8-16(19)15(13)10-18(21)22/h2-9,17,20H,10H2,1H3,(H,21,22). The molecule has 0 heterocycles. The third-order valence-corrected chi connectivity index (χ3v) is 5.92. The van der Waals surface area contributed by atoms with Crippen LogP contribution in [0.25, 0.3) is 6.08 Å². The molecule has 2 aromatic rings. The number of fused-ring (bicyclic) bond motifs is 1. The highest BCUT2D eigenvalue weighted by atomic mass is 35.5. The quantitative estimate of drug-likeness (QED) is 0.786. The minimum absolute atomic E-state index is 0.111. The zero-order chi connectivity index (χ0) is 18.9. The Morgan fingerprint density at radius 3 is 2.54 bits per heavy atom. The number of hydrogen-bond acceptors (Lipinski definition) is 4. The number of sulfonamides is 1. The number of benzene rings is 2. The first-order valence-corrected chi connectivity index (χ1v) is 9.55. The van der Waals surface area contributed by atoms with Crippen LogP contribution in [0.5, 0.6) is 5.75 Å². The van der Waals surface area contributed by atoms with Gasteiger partial charge in [-0.15, -0.1) is 0 Å². The van der Waals surface area contributed by atoms with Crippen molar-refractivity contribution in [3.8, 4) is 5.75 Å². The maximum Gasteiger partial charge on any atom is 0.307 e. The third-order valence-electron chi connectivity index (χ3n) is 4.10. The largest absolute Gasteiger partial charge is 0.497 e. The average molecular weight is 394 g/mol. The molecule has 3 rings (SSSR count). The number of carboxylic acids is 1. The molecule has 0 saturated carbocycles. The van der Waals surface area contributed by atoms with Crippen LogP contribution in [0.3, 0.4) is 0 Å². The summed E-state index contributed by atoms with van der Waals surface area (Å²) in [4.78, 5) is 11.2. The summed E-state index contributed by atoms with van der Waals surface area (Å²) in [5, 5.41) is 9.40. The van der Waals surface area contributed by atoms with Crippen LogP contribution < -0.4 is 9.46 Å². The molecule has 1 aliphatic carbocycles. The molecule has 6 nitrogen and oxygen atoms in total. The Morgan fingerprint density at radius 1 is 1.23 bits per heavy atom. The lowest BCUT2D eigenvalue weighted by molar-refractivity contribution is -0.136. The van der Waals surface area contributed by atoms with Gasteiger partial charge in [-0.25, -0.2) is 8.42 Å². The molecule has 2 aromatic carbocycles. The van der Waals surface area contributed by atoms with Crippen molar-refractivity contribution in [1.29, 1.82) is 0 Å². The molecule has 0 bridgehead atoms. The molecule has 1 atom stereocenters. The molecule has 0 aliphatic heterocycles. The third kappa shape index (κ3) is 3.60. The smallest absolute Gasteiger partial charge is 0.307 e. The van der Waals surface area contributed by atoms with E-state index in [9.17, 15) is 13.2 Å². The van der Waals surface area contributed by atoms with Crippen molar-refractivity contribution in [2.45, 2.75) is 17.4 Å². The summed E-state index contributed by atoms with van der Waals surface area (Å²) in [5.74, 6) is -0.445. The van der Waals surface area contributed by atoms with Gasteiger partial charge in [0.1, 0.15) is 5.75 Å². The summed E-state index contributed by atoms with van der Waals surface area (Å²) < 4.78 is 32.9. The molecule has 1 aliphatic rings. The van der Waals surface area contributed by atoms with Gasteiger partial charge in [0.15, 0.2) is 0 Å². The average Bonchev–Trinajstić information content (AvgIpc) is 2.99. The van der Waals surface area contributed by atoms with Gasteiger partial charge in [0.05, 0.1) is 24.5 Å². The Hall–Kier alpha value is -2.35. The van der Waals surface area contributed by atoms with E-state index in [1.807, 2.05) is 0 Å². The Kier molecular flexibility index (Phi) is 5.04. The zero-order valence-electron chi connectivity index (χ0n) is 13.8. The van der Waals surface area contributed by atoms with Crippen LogP contribution in [-0.4, -0.2) is 26.6 Å². The lowest BCUT2D eigenvalue weighted by atomic mass is 9.99. The second-order valence-electron chi connectivity index (χ2n) is 5.73. The van der Waals surface area contributed by atoms with E-state index in [2.05, 4.69) is 4.72 Å². The summed E-state index contributed by atoms with van der Waals surface area (Å²) in [7, 11) is -2.26. The van der Waals surface area contributed by atoms with Crippen molar-refractivity contribution in [2.75, 3.05) is 7.11 Å². The van der Waals surface area contributed by atoms with Crippen molar-refractivity contribution < 1.29 is 23.1 Å². The predicted octanol–water partition coefficient (Wildman–Crippen LogP) is 3.02. The zero-order valence-corrected chi connectivity index (χ0v) is 15.3. The van der Waals surface area contributed by atoms with Gasteiger partial charge in [0, 0.05) is 5.02 Å². The highest BCUT2D eigenvalue weighted by molar-refractivity contribution is 7.89. The monoisotopic (exact) mass is 393 g/mol. The molecule has 0 saturated heterocycles. The van der Waals surface area contributed by atoms with E-state index < -0.39 is 22.0 Å². The predicted molar refractivity (Wildman–Crippen MR) is 97.9 cm³/mol. The molecule has 8 heteroatoms. The number of halogens is 1. The second-order valence-corrected chi connectivity index (χ2v) is 7.85. The van der Waals surface area contributed by atoms with Gasteiger partial charge in [-0.05, 0) is 47.0 Å². The number of hydrogen-bond donors (Lipinski definition) is 2. The minimum atomic E-state index is -3.76. The van der Waals surface area contributed by atoms with E-state index in [1.165, 1.54) is 19.2 Å². The molecule has 0 aromatic heterocycles. The Labute approximate surface area is 156 Å². The fourth-order valence-corrected chi connectivity index (χ4v) is 4.25. The Morgan fingerprint density at radius 2 is 1.92 bits per heavy atom. The van der Waals surface area contributed by atoms with Crippen LogP contribution in [0.1, 0.15) is 22.7 Å². The minimum Gasteiger partial charge on any atom is -0.497 e. The first-order chi connectivity index (χ1) is 12.3. The van der Waals surface area contributed by atoms with Crippen LogP contribution >= 0.6 is 11.6 Å². The number of rotatable bonds is 6. The van der Waals surface area contributed by atoms with Gasteiger partial charge in [-0.2, -0.15) is 4.72 Å². The number of carboxylic acid groups (broad SMARTS) is 1. The van der Waals surface area contributed by atoms with E-state index in [4.69, 9.17) is 21.4 Å². The van der Waals surface area contributed by atoms with Crippen LogP contribution in [0.2, 0.25) is 5.02 Å². The molecular formula is C18H16ClNO5S. The number of ether oxygens (including phenoxy) is 1. The first kappa shape index (κ1) is 18.4. The van der Waals surface area contributed by atoms with E-state index in [0.717, 1.165) is 0 Å². The lowest BCUT2D eigenvalue weighted by Gasteiger charge is -2.16. The molecule has 1 unspecified atom stereocenters. The summed E-state index contributed by atoms with van der Waals surface area (Å²) in [6, 6.07) is 8.73. The molecule has 0 fully saturated rings. The fraction of sp³-hybridized carbons (Fsp3) is 0.167. The van der Waals surface area contributed by atoms with Crippen LogP contribution in [0.15, 0.2) is 47.4 Å². The molecule has 136 valence electrons. The van der Waals surface area contributed by atoms with Crippen LogP contribution in [0, 0.1) is 0 Å². The van der Waals surface area contributed by atoms with E-state index >= 15 is 0 Å². The molecule has 2 N–H and O–H groups in total. The highest BCUT2D eigenvalue weighted by Crippen LogP contribution is 2.35. The van der Waals surface area contributed by atoms with Gasteiger partial charge in [-0.1, -0.05) is 29.8 Å². The summed E-state index contributed by atoms with van der Waals surface area (Å²) in [6.07, 6.45) is 3.14. The van der Waals surface area contributed by atoms with Gasteiger partial charge in [0.2, 0.25) is 10.0 Å². The van der Waals surface area contributed by atoms with Crippen LogP contribution in [-0.2, 0) is 21.2 Å². The van der Waals surface area contributed by atoms with Crippen molar-refractivity contribution in [2.24, 2.45) is 0 Å². The number of aliphatic carboxylic acids is 1. The van der Waals surface area contributed by atoms with E-state index in [-0.39, 0.29) is 11.3 Å². The second kappa shape index (κ2) is 7.11. The summed E-state index contributed by atoms with van der Waals surface area (Å²) in [5.41, 5.74) is 1.78. The first-order valence-electron chi connectivity index (χ1n) is 7.69. The van der Waals surface area contributed by atoms with Crippen molar-refractivity contribution in [3.63, 3.8) is 0 Å². The highest BCUT2D eigenvalue weighted by Gasteiger charge is 2.26. The van der Waals surface area contributed by atoms with Crippen molar-refractivity contribution >= 4 is 33.7 Å².